The maximum Gasteiger partial charge on any atom is 0.342 e. The number of ether oxygens (including phenoxy) is 2. The van der Waals surface area contributed by atoms with Gasteiger partial charge in [-0.25, -0.2) is 4.79 Å². The van der Waals surface area contributed by atoms with E-state index in [1.54, 1.807) is 37.3 Å². The standard InChI is InChI=1S/C19H21NO5/c1-4-24-17-8-6-5-7-15(17)20-18(22)13(3)25-19(23)14-11-12(2)9-10-16(14)21/h5-11,13,21H,4H2,1-3H3,(H,20,22)/t13-/m1/s1. The molecular weight excluding hydrogens is 322 g/mol. The SMILES string of the molecule is CCOc1ccccc1NC(=O)[C@@H](C)OC(=O)c1cc(C)ccc1O. The van der Waals surface area contributed by atoms with Crippen LogP contribution in [-0.2, 0) is 9.53 Å². The molecule has 0 saturated heterocycles. The molecule has 2 rings (SSSR count). The van der Waals surface area contributed by atoms with Crippen LogP contribution in [0.3, 0.4) is 0 Å². The van der Waals surface area contributed by atoms with E-state index in [4.69, 9.17) is 9.47 Å². The average molecular weight is 343 g/mol. The van der Waals surface area contributed by atoms with Crippen molar-refractivity contribution in [3.05, 3.63) is 53.6 Å². The number of nitrogens with one attached hydrogen (secondary N) is 1. The molecule has 0 aliphatic rings. The molecule has 0 heterocycles. The van der Waals surface area contributed by atoms with Crippen LogP contribution in [0.25, 0.3) is 0 Å². The average Bonchev–Trinajstić information content (AvgIpc) is 2.58. The fourth-order valence-corrected chi connectivity index (χ4v) is 2.18. The molecule has 2 aromatic rings. The van der Waals surface area contributed by atoms with Crippen LogP contribution in [-0.4, -0.2) is 29.7 Å². The Kier molecular flexibility index (Phi) is 6.00. The third kappa shape index (κ3) is 4.73. The van der Waals surface area contributed by atoms with Gasteiger partial charge in [0.05, 0.1) is 12.3 Å². The zero-order valence-corrected chi connectivity index (χ0v) is 14.4. The highest BCUT2D eigenvalue weighted by atomic mass is 16.5. The highest BCUT2D eigenvalue weighted by Crippen LogP contribution is 2.24. The summed E-state index contributed by atoms with van der Waals surface area (Å²) in [5, 5.41) is 12.4. The second kappa shape index (κ2) is 8.19. The van der Waals surface area contributed by atoms with Crippen LogP contribution >= 0.6 is 0 Å². The van der Waals surface area contributed by atoms with Gasteiger partial charge in [0.25, 0.3) is 5.91 Å². The van der Waals surface area contributed by atoms with E-state index >= 15 is 0 Å². The maximum atomic E-state index is 12.3. The lowest BCUT2D eigenvalue weighted by atomic mass is 10.1. The van der Waals surface area contributed by atoms with Gasteiger partial charge >= 0.3 is 5.97 Å². The van der Waals surface area contributed by atoms with Crippen molar-refractivity contribution >= 4 is 17.6 Å². The minimum Gasteiger partial charge on any atom is -0.507 e. The van der Waals surface area contributed by atoms with Crippen molar-refractivity contribution in [3.8, 4) is 11.5 Å². The number of amides is 1. The highest BCUT2D eigenvalue weighted by molar-refractivity contribution is 5.99. The van der Waals surface area contributed by atoms with Crippen molar-refractivity contribution < 1.29 is 24.2 Å². The van der Waals surface area contributed by atoms with Crippen molar-refractivity contribution in [2.45, 2.75) is 26.9 Å². The summed E-state index contributed by atoms with van der Waals surface area (Å²) in [4.78, 5) is 24.4. The second-order valence-corrected chi connectivity index (χ2v) is 5.49. The Hall–Kier alpha value is -3.02. The number of hydrogen-bond acceptors (Lipinski definition) is 5. The molecule has 132 valence electrons. The zero-order chi connectivity index (χ0) is 18.4. The minimum atomic E-state index is -1.04. The van der Waals surface area contributed by atoms with Crippen molar-refractivity contribution in [2.75, 3.05) is 11.9 Å². The Balaban J connectivity index is 2.05. The Morgan fingerprint density at radius 3 is 2.64 bits per heavy atom. The van der Waals surface area contributed by atoms with Gasteiger partial charge in [0.1, 0.15) is 17.1 Å². The van der Waals surface area contributed by atoms with E-state index in [-0.39, 0.29) is 11.3 Å². The van der Waals surface area contributed by atoms with E-state index in [0.29, 0.717) is 18.0 Å². The number of anilines is 1. The summed E-state index contributed by atoms with van der Waals surface area (Å²) >= 11 is 0. The normalized spacial score (nSPS) is 11.5. The van der Waals surface area contributed by atoms with Gasteiger partial charge in [-0.3, -0.25) is 4.79 Å². The van der Waals surface area contributed by atoms with Gasteiger partial charge in [-0.2, -0.15) is 0 Å². The van der Waals surface area contributed by atoms with Crippen LogP contribution in [0.15, 0.2) is 42.5 Å². The van der Waals surface area contributed by atoms with Crippen LogP contribution in [0.5, 0.6) is 11.5 Å². The summed E-state index contributed by atoms with van der Waals surface area (Å²) in [5.41, 5.74) is 1.32. The number of aromatic hydroxyl groups is 1. The lowest BCUT2D eigenvalue weighted by Crippen LogP contribution is -2.30. The lowest BCUT2D eigenvalue weighted by Gasteiger charge is -2.16. The van der Waals surface area contributed by atoms with Crippen LogP contribution in [0.1, 0.15) is 29.8 Å². The molecule has 0 radical (unpaired) electrons. The first-order valence-corrected chi connectivity index (χ1v) is 7.95. The van der Waals surface area contributed by atoms with Crippen LogP contribution in [0.4, 0.5) is 5.69 Å². The van der Waals surface area contributed by atoms with Gasteiger partial charge in [-0.1, -0.05) is 23.8 Å². The molecule has 1 amide bonds. The molecule has 2 aromatic carbocycles. The summed E-state index contributed by atoms with van der Waals surface area (Å²) in [7, 11) is 0. The van der Waals surface area contributed by atoms with Crippen molar-refractivity contribution in [1.29, 1.82) is 0 Å². The van der Waals surface area contributed by atoms with Crippen LogP contribution in [0, 0.1) is 6.92 Å². The number of rotatable bonds is 6. The smallest absolute Gasteiger partial charge is 0.342 e. The third-order valence-electron chi connectivity index (χ3n) is 3.47. The largest absolute Gasteiger partial charge is 0.507 e. The van der Waals surface area contributed by atoms with Gasteiger partial charge < -0.3 is 19.9 Å². The highest BCUT2D eigenvalue weighted by Gasteiger charge is 2.22. The fourth-order valence-electron chi connectivity index (χ4n) is 2.18. The number of para-hydroxylation sites is 2. The first-order valence-electron chi connectivity index (χ1n) is 7.95. The molecule has 1 atom stereocenters. The number of esters is 1. The molecule has 2 N–H and O–H groups in total. The molecule has 0 aliphatic heterocycles. The van der Waals surface area contributed by atoms with E-state index < -0.39 is 18.0 Å². The molecule has 6 heteroatoms. The Morgan fingerprint density at radius 1 is 1.20 bits per heavy atom. The summed E-state index contributed by atoms with van der Waals surface area (Å²) < 4.78 is 10.6. The number of phenols is 1. The minimum absolute atomic E-state index is 0.0226. The van der Waals surface area contributed by atoms with E-state index in [1.165, 1.54) is 19.1 Å². The number of aryl methyl sites for hydroxylation is 1. The van der Waals surface area contributed by atoms with E-state index in [9.17, 15) is 14.7 Å². The Morgan fingerprint density at radius 2 is 1.92 bits per heavy atom. The summed E-state index contributed by atoms with van der Waals surface area (Å²) in [6.45, 7) is 5.56. The summed E-state index contributed by atoms with van der Waals surface area (Å²) in [6.07, 6.45) is -1.04. The number of carbonyl (C=O) groups excluding carboxylic acids is 2. The van der Waals surface area contributed by atoms with Gasteiger partial charge in [-0.15, -0.1) is 0 Å². The van der Waals surface area contributed by atoms with Gasteiger partial charge in [0.15, 0.2) is 6.10 Å². The lowest BCUT2D eigenvalue weighted by molar-refractivity contribution is -0.123. The molecule has 6 nitrogen and oxygen atoms in total. The van der Waals surface area contributed by atoms with Gasteiger partial charge in [0, 0.05) is 0 Å². The van der Waals surface area contributed by atoms with Gasteiger partial charge in [0.2, 0.25) is 0 Å². The molecule has 0 unspecified atom stereocenters. The monoisotopic (exact) mass is 343 g/mol. The predicted molar refractivity (Wildman–Crippen MR) is 94.0 cm³/mol. The summed E-state index contributed by atoms with van der Waals surface area (Å²) in [5.74, 6) is -0.910. The topological polar surface area (TPSA) is 84.9 Å². The number of benzene rings is 2. The van der Waals surface area contributed by atoms with E-state index in [2.05, 4.69) is 5.32 Å². The van der Waals surface area contributed by atoms with Gasteiger partial charge in [-0.05, 0) is 45.0 Å². The predicted octanol–water partition coefficient (Wildman–Crippen LogP) is 3.28. The number of carbonyl (C=O) groups is 2. The van der Waals surface area contributed by atoms with Crippen LogP contribution in [0.2, 0.25) is 0 Å². The summed E-state index contributed by atoms with van der Waals surface area (Å²) in [6, 6.07) is 11.6. The van der Waals surface area contributed by atoms with Crippen LogP contribution < -0.4 is 10.1 Å². The molecule has 0 fully saturated rings. The quantitative estimate of drug-likeness (QED) is 0.786. The zero-order valence-electron chi connectivity index (χ0n) is 14.4. The molecule has 0 aromatic heterocycles. The first-order chi connectivity index (χ1) is 11.9. The molecule has 0 spiro atoms. The molecule has 0 saturated carbocycles. The number of phenolic OH excluding ortho intramolecular Hbond substituents is 1. The van der Waals surface area contributed by atoms with Crippen molar-refractivity contribution in [1.82, 2.24) is 0 Å². The van der Waals surface area contributed by atoms with Crippen molar-refractivity contribution in [2.24, 2.45) is 0 Å². The molecule has 0 aliphatic carbocycles. The third-order valence-corrected chi connectivity index (χ3v) is 3.47. The first kappa shape index (κ1) is 18.3. The number of hydrogen-bond donors (Lipinski definition) is 2. The van der Waals surface area contributed by atoms with E-state index in [0.717, 1.165) is 5.56 Å². The second-order valence-electron chi connectivity index (χ2n) is 5.49. The molecule has 0 bridgehead atoms. The Bertz CT molecular complexity index is 772. The Labute approximate surface area is 146 Å². The maximum absolute atomic E-state index is 12.3. The van der Waals surface area contributed by atoms with Crippen molar-refractivity contribution in [3.63, 3.8) is 0 Å². The molecule has 25 heavy (non-hydrogen) atoms. The van der Waals surface area contributed by atoms with E-state index in [1.807, 2.05) is 6.92 Å². The fraction of sp³-hybridized carbons (Fsp3) is 0.263. The molecular formula is C19H21NO5.